The van der Waals surface area contributed by atoms with Crippen LogP contribution in [0.2, 0.25) is 10.0 Å². The van der Waals surface area contributed by atoms with Crippen molar-refractivity contribution in [2.45, 2.75) is 33.3 Å². The summed E-state index contributed by atoms with van der Waals surface area (Å²) < 4.78 is 5.12. The zero-order valence-electron chi connectivity index (χ0n) is 16.3. The van der Waals surface area contributed by atoms with E-state index in [2.05, 4.69) is 10.6 Å². The van der Waals surface area contributed by atoms with Crippen molar-refractivity contribution in [3.05, 3.63) is 63.1 Å². The van der Waals surface area contributed by atoms with Crippen LogP contribution in [0.15, 0.2) is 36.4 Å². The number of para-hydroxylation sites is 1. The molecule has 0 spiro atoms. The number of hydrogen-bond donors (Lipinski definition) is 2. The average Bonchev–Trinajstić information content (AvgIpc) is 2.65. The van der Waals surface area contributed by atoms with Crippen LogP contribution in [-0.2, 0) is 25.5 Å². The Balaban J connectivity index is 1.81. The number of ether oxygens (including phenoxy) is 1. The predicted octanol–water partition coefficient (Wildman–Crippen LogP) is 3.84. The van der Waals surface area contributed by atoms with Gasteiger partial charge in [-0.2, -0.15) is 0 Å². The molecule has 0 radical (unpaired) electrons. The van der Waals surface area contributed by atoms with Gasteiger partial charge in [-0.25, -0.2) is 0 Å². The second kappa shape index (κ2) is 10.3. The maximum absolute atomic E-state index is 12.1. The summed E-state index contributed by atoms with van der Waals surface area (Å²) in [6.45, 7) is 4.97. The second-order valence-electron chi connectivity index (χ2n) is 6.59. The monoisotopic (exact) mass is 436 g/mol. The van der Waals surface area contributed by atoms with E-state index in [9.17, 15) is 14.4 Å². The molecule has 1 atom stereocenters. The summed E-state index contributed by atoms with van der Waals surface area (Å²) in [5, 5.41) is 5.95. The fourth-order valence-corrected chi connectivity index (χ4v) is 2.94. The van der Waals surface area contributed by atoms with Gasteiger partial charge in [-0.1, -0.05) is 47.5 Å². The summed E-state index contributed by atoms with van der Waals surface area (Å²) in [7, 11) is 0. The molecule has 0 aliphatic rings. The third-order valence-electron chi connectivity index (χ3n) is 4.18. The van der Waals surface area contributed by atoms with Gasteiger partial charge in [-0.05, 0) is 49.6 Å². The smallest absolute Gasteiger partial charge is 0.311 e. The number of carbonyl (C=O) groups excluding carboxylic acids is 3. The first-order chi connectivity index (χ1) is 13.7. The molecule has 0 bridgehead atoms. The van der Waals surface area contributed by atoms with Crippen molar-refractivity contribution in [1.82, 2.24) is 5.32 Å². The van der Waals surface area contributed by atoms with Crippen LogP contribution in [0.4, 0.5) is 5.69 Å². The van der Waals surface area contributed by atoms with Crippen LogP contribution in [0.5, 0.6) is 0 Å². The van der Waals surface area contributed by atoms with Crippen LogP contribution in [0.25, 0.3) is 0 Å². The summed E-state index contributed by atoms with van der Waals surface area (Å²) >= 11 is 11.8. The van der Waals surface area contributed by atoms with Gasteiger partial charge in [0.1, 0.15) is 0 Å². The van der Waals surface area contributed by atoms with Crippen molar-refractivity contribution in [3.63, 3.8) is 0 Å². The molecule has 0 fully saturated rings. The summed E-state index contributed by atoms with van der Waals surface area (Å²) in [6.07, 6.45) is -1.10. The van der Waals surface area contributed by atoms with Gasteiger partial charge in [0, 0.05) is 5.69 Å². The Hall–Kier alpha value is -2.57. The van der Waals surface area contributed by atoms with E-state index >= 15 is 0 Å². The molecule has 154 valence electrons. The lowest BCUT2D eigenvalue weighted by molar-refractivity contribution is -0.154. The highest BCUT2D eigenvalue weighted by atomic mass is 35.5. The van der Waals surface area contributed by atoms with Gasteiger partial charge >= 0.3 is 5.97 Å². The molecular weight excluding hydrogens is 415 g/mol. The molecule has 0 saturated heterocycles. The summed E-state index contributed by atoms with van der Waals surface area (Å²) in [4.78, 5) is 36.2. The lowest BCUT2D eigenvalue weighted by Crippen LogP contribution is -2.40. The van der Waals surface area contributed by atoms with Gasteiger partial charge in [-0.15, -0.1) is 0 Å². The second-order valence-corrected chi connectivity index (χ2v) is 7.40. The van der Waals surface area contributed by atoms with E-state index in [1.165, 1.54) is 6.92 Å². The molecule has 8 heteroatoms. The van der Waals surface area contributed by atoms with E-state index in [0.29, 0.717) is 21.3 Å². The Labute approximate surface area is 179 Å². The lowest BCUT2D eigenvalue weighted by atomic mass is 10.1. The summed E-state index contributed by atoms with van der Waals surface area (Å²) in [5.41, 5.74) is 3.18. The van der Waals surface area contributed by atoms with Crippen LogP contribution in [0.1, 0.15) is 23.6 Å². The number of carbonyl (C=O) groups is 3. The molecule has 2 aromatic carbocycles. The van der Waals surface area contributed by atoms with Crippen LogP contribution < -0.4 is 10.6 Å². The fraction of sp³-hybridized carbons (Fsp3) is 0.286. The van der Waals surface area contributed by atoms with Crippen molar-refractivity contribution < 1.29 is 19.1 Å². The largest absolute Gasteiger partial charge is 0.452 e. The molecule has 0 aromatic heterocycles. The molecular formula is C21H22Cl2N2O4. The maximum Gasteiger partial charge on any atom is 0.311 e. The highest BCUT2D eigenvalue weighted by Gasteiger charge is 2.19. The van der Waals surface area contributed by atoms with Gasteiger partial charge < -0.3 is 15.4 Å². The highest BCUT2D eigenvalue weighted by molar-refractivity contribution is 6.42. The Bertz CT molecular complexity index is 911. The van der Waals surface area contributed by atoms with Crippen molar-refractivity contribution in [1.29, 1.82) is 0 Å². The predicted molar refractivity (Wildman–Crippen MR) is 113 cm³/mol. The van der Waals surface area contributed by atoms with Gasteiger partial charge in [0.25, 0.3) is 5.91 Å². The molecule has 29 heavy (non-hydrogen) atoms. The normalized spacial score (nSPS) is 11.5. The molecule has 2 aromatic rings. The number of nitrogens with one attached hydrogen (secondary N) is 2. The number of amides is 2. The Kier molecular flexibility index (Phi) is 8.05. The van der Waals surface area contributed by atoms with Gasteiger partial charge in [0.05, 0.1) is 23.0 Å². The van der Waals surface area contributed by atoms with Crippen molar-refractivity contribution in [2.24, 2.45) is 0 Å². The topological polar surface area (TPSA) is 84.5 Å². The Morgan fingerprint density at radius 3 is 2.31 bits per heavy atom. The molecule has 0 heterocycles. The minimum absolute atomic E-state index is 0.0540. The molecule has 6 nitrogen and oxygen atoms in total. The number of esters is 1. The summed E-state index contributed by atoms with van der Waals surface area (Å²) in [5.74, 6) is -1.53. The van der Waals surface area contributed by atoms with Crippen LogP contribution in [0, 0.1) is 13.8 Å². The molecule has 2 N–H and O–H groups in total. The molecule has 0 saturated carbocycles. The van der Waals surface area contributed by atoms with Gasteiger partial charge in [0.15, 0.2) is 6.10 Å². The number of rotatable bonds is 7. The van der Waals surface area contributed by atoms with Crippen molar-refractivity contribution in [3.8, 4) is 0 Å². The van der Waals surface area contributed by atoms with Crippen molar-refractivity contribution in [2.75, 3.05) is 11.9 Å². The molecule has 2 amide bonds. The van der Waals surface area contributed by atoms with E-state index in [-0.39, 0.29) is 18.9 Å². The highest BCUT2D eigenvalue weighted by Crippen LogP contribution is 2.23. The minimum atomic E-state index is -1.04. The van der Waals surface area contributed by atoms with E-state index < -0.39 is 18.0 Å². The van der Waals surface area contributed by atoms with Crippen LogP contribution in [0.3, 0.4) is 0 Å². The van der Waals surface area contributed by atoms with E-state index in [4.69, 9.17) is 27.9 Å². The SMILES string of the molecule is Cc1cccc(C)c1NC(=O)CNC(=O)C(C)OC(=O)Cc1ccc(Cl)c(Cl)c1. The molecule has 0 aliphatic carbocycles. The third kappa shape index (κ3) is 6.76. The number of hydrogen-bond acceptors (Lipinski definition) is 4. The van der Waals surface area contributed by atoms with Gasteiger partial charge in [0.2, 0.25) is 5.91 Å². The van der Waals surface area contributed by atoms with Gasteiger partial charge in [-0.3, -0.25) is 14.4 Å². The zero-order chi connectivity index (χ0) is 21.6. The average molecular weight is 437 g/mol. The first-order valence-corrected chi connectivity index (χ1v) is 9.70. The number of aryl methyl sites for hydroxylation is 2. The fourth-order valence-electron chi connectivity index (χ4n) is 2.61. The first kappa shape index (κ1) is 22.7. The van der Waals surface area contributed by atoms with E-state index in [1.807, 2.05) is 32.0 Å². The number of halogens is 2. The van der Waals surface area contributed by atoms with Crippen LogP contribution in [-0.4, -0.2) is 30.4 Å². The quantitative estimate of drug-likeness (QED) is 0.645. The lowest BCUT2D eigenvalue weighted by Gasteiger charge is -2.15. The zero-order valence-corrected chi connectivity index (χ0v) is 17.9. The standard InChI is InChI=1S/C21H22Cl2N2O4/c1-12-5-4-6-13(2)20(12)25-18(26)11-24-21(28)14(3)29-19(27)10-15-7-8-16(22)17(23)9-15/h4-9,14H,10-11H2,1-3H3,(H,24,28)(H,25,26). The number of anilines is 1. The van der Waals surface area contributed by atoms with E-state index in [1.54, 1.807) is 18.2 Å². The van der Waals surface area contributed by atoms with Crippen LogP contribution >= 0.6 is 23.2 Å². The minimum Gasteiger partial charge on any atom is -0.452 e. The maximum atomic E-state index is 12.1. The first-order valence-electron chi connectivity index (χ1n) is 8.94. The summed E-state index contributed by atoms with van der Waals surface area (Å²) in [6, 6.07) is 10.5. The molecule has 2 rings (SSSR count). The Morgan fingerprint density at radius 2 is 1.69 bits per heavy atom. The third-order valence-corrected chi connectivity index (χ3v) is 4.92. The number of benzene rings is 2. The van der Waals surface area contributed by atoms with Crippen molar-refractivity contribution >= 4 is 46.7 Å². The van der Waals surface area contributed by atoms with E-state index in [0.717, 1.165) is 11.1 Å². The Morgan fingerprint density at radius 1 is 1.03 bits per heavy atom. The molecule has 0 aliphatic heterocycles. The molecule has 1 unspecified atom stereocenters.